The lowest BCUT2D eigenvalue weighted by atomic mass is 9.81. The van der Waals surface area contributed by atoms with Crippen LogP contribution in [0.2, 0.25) is 0 Å². The lowest BCUT2D eigenvalue weighted by molar-refractivity contribution is -0.122. The van der Waals surface area contributed by atoms with Crippen LogP contribution in [-0.4, -0.2) is 61.2 Å². The number of amides is 2. The molecule has 4 aromatic rings. The van der Waals surface area contributed by atoms with E-state index in [1.165, 1.54) is 29.1 Å². The third-order valence-electron chi connectivity index (χ3n) is 8.11. The Labute approximate surface area is 222 Å². The number of nitrogens with zero attached hydrogens (tertiary/aromatic N) is 4. The van der Waals surface area contributed by atoms with Crippen molar-refractivity contribution in [2.45, 2.75) is 71.3 Å². The second-order valence-corrected chi connectivity index (χ2v) is 10.9. The second-order valence-electron chi connectivity index (χ2n) is 10.9. The summed E-state index contributed by atoms with van der Waals surface area (Å²) < 4.78 is 1.86. The molecule has 9 heteroatoms. The molecule has 1 aromatic carbocycles. The van der Waals surface area contributed by atoms with E-state index in [0.29, 0.717) is 11.8 Å². The van der Waals surface area contributed by atoms with E-state index in [-0.39, 0.29) is 18.5 Å². The Kier molecular flexibility index (Phi) is 6.86. The van der Waals surface area contributed by atoms with E-state index >= 15 is 0 Å². The molecule has 0 saturated heterocycles. The minimum atomic E-state index is -1.10. The third kappa shape index (κ3) is 4.73. The van der Waals surface area contributed by atoms with Gasteiger partial charge in [-0.3, -0.25) is 4.79 Å². The molecule has 3 N–H and O–H groups in total. The van der Waals surface area contributed by atoms with E-state index in [4.69, 9.17) is 5.11 Å². The van der Waals surface area contributed by atoms with Crippen molar-refractivity contribution < 1.29 is 14.7 Å². The van der Waals surface area contributed by atoms with Crippen LogP contribution >= 0.6 is 0 Å². The first-order chi connectivity index (χ1) is 18.1. The Morgan fingerprint density at radius 1 is 1.18 bits per heavy atom. The van der Waals surface area contributed by atoms with Crippen LogP contribution in [0.25, 0.3) is 27.8 Å². The van der Waals surface area contributed by atoms with Crippen LogP contribution in [0.3, 0.4) is 0 Å². The molecule has 1 fully saturated rings. The first kappa shape index (κ1) is 25.8. The highest BCUT2D eigenvalue weighted by molar-refractivity contribution is 5.92. The zero-order valence-electron chi connectivity index (χ0n) is 22.7. The minimum Gasteiger partial charge on any atom is -0.465 e. The van der Waals surface area contributed by atoms with Crippen molar-refractivity contribution in [3.63, 3.8) is 0 Å². The second kappa shape index (κ2) is 10.1. The number of likely N-dealkylation sites (N-methyl/N-ethyl adjacent to an activating group) is 1. The molecule has 9 nitrogen and oxygen atoms in total. The molecule has 0 radical (unpaired) electrons. The highest BCUT2D eigenvalue weighted by atomic mass is 16.4. The number of nitrogens with one attached hydrogen (secondary N) is 2. The molecule has 0 unspecified atom stereocenters. The molecular formula is C29H36N6O3. The van der Waals surface area contributed by atoms with E-state index in [1.54, 1.807) is 6.33 Å². The molecule has 0 bridgehead atoms. The van der Waals surface area contributed by atoms with Gasteiger partial charge in [0.1, 0.15) is 12.9 Å². The average molecular weight is 517 g/mol. The topological polar surface area (TPSA) is 116 Å². The SMILES string of the molecule is Cc1c(-c2[nH]c3ccc(C4CCC(NC(=O)CN(C)C(=O)O)CC4)cc3c2C(C)C)cn2ncnc2c1C. The molecule has 200 valence electrons. The van der Waals surface area contributed by atoms with Crippen molar-refractivity contribution in [3.05, 3.63) is 53.0 Å². The summed E-state index contributed by atoms with van der Waals surface area (Å²) in [5.41, 5.74) is 9.28. The molecule has 1 saturated carbocycles. The minimum absolute atomic E-state index is 0.0904. The summed E-state index contributed by atoms with van der Waals surface area (Å²) in [7, 11) is 1.40. The first-order valence-electron chi connectivity index (χ1n) is 13.3. The summed E-state index contributed by atoms with van der Waals surface area (Å²) in [6.07, 6.45) is 6.32. The van der Waals surface area contributed by atoms with Crippen molar-refractivity contribution in [3.8, 4) is 11.3 Å². The fourth-order valence-electron chi connectivity index (χ4n) is 5.88. The predicted molar refractivity (Wildman–Crippen MR) is 148 cm³/mol. The van der Waals surface area contributed by atoms with Crippen molar-refractivity contribution in [1.29, 1.82) is 0 Å². The van der Waals surface area contributed by atoms with Crippen LogP contribution in [0.15, 0.2) is 30.7 Å². The fourth-order valence-corrected chi connectivity index (χ4v) is 5.88. The van der Waals surface area contributed by atoms with Crippen LogP contribution in [0.5, 0.6) is 0 Å². The lowest BCUT2D eigenvalue weighted by Gasteiger charge is -2.30. The molecule has 38 heavy (non-hydrogen) atoms. The van der Waals surface area contributed by atoms with Gasteiger partial charge in [-0.15, -0.1) is 0 Å². The van der Waals surface area contributed by atoms with Gasteiger partial charge in [-0.05, 0) is 85.8 Å². The molecule has 1 aliphatic rings. The number of hydrogen-bond acceptors (Lipinski definition) is 4. The Balaban J connectivity index is 1.39. The van der Waals surface area contributed by atoms with Gasteiger partial charge in [0.05, 0.1) is 5.69 Å². The van der Waals surface area contributed by atoms with Crippen molar-refractivity contribution in [2.75, 3.05) is 13.6 Å². The van der Waals surface area contributed by atoms with Crippen molar-refractivity contribution in [2.24, 2.45) is 0 Å². The number of benzene rings is 1. The summed E-state index contributed by atoms with van der Waals surface area (Å²) in [5.74, 6) is 0.522. The zero-order valence-corrected chi connectivity index (χ0v) is 22.7. The van der Waals surface area contributed by atoms with Crippen LogP contribution in [-0.2, 0) is 4.79 Å². The number of pyridine rings is 1. The molecule has 2 amide bonds. The number of rotatable bonds is 6. The fraction of sp³-hybridized carbons (Fsp3) is 0.448. The van der Waals surface area contributed by atoms with Gasteiger partial charge in [0.2, 0.25) is 5.91 Å². The maximum atomic E-state index is 12.2. The number of aromatic nitrogens is 4. The highest BCUT2D eigenvalue weighted by Crippen LogP contribution is 2.40. The Hall–Kier alpha value is -3.88. The van der Waals surface area contributed by atoms with E-state index in [2.05, 4.69) is 72.5 Å². The number of aromatic amines is 1. The number of H-pyrrole nitrogens is 1. The van der Waals surface area contributed by atoms with Gasteiger partial charge in [-0.2, -0.15) is 5.10 Å². The van der Waals surface area contributed by atoms with Gasteiger partial charge in [0, 0.05) is 35.8 Å². The Morgan fingerprint density at radius 3 is 2.61 bits per heavy atom. The molecule has 0 aliphatic heterocycles. The predicted octanol–water partition coefficient (Wildman–Crippen LogP) is 5.37. The maximum absolute atomic E-state index is 12.2. The number of carboxylic acid groups (broad SMARTS) is 1. The zero-order chi connectivity index (χ0) is 27.1. The monoisotopic (exact) mass is 516 g/mol. The summed E-state index contributed by atoms with van der Waals surface area (Å²) in [4.78, 5) is 32.3. The third-order valence-corrected chi connectivity index (χ3v) is 8.11. The summed E-state index contributed by atoms with van der Waals surface area (Å²) in [6.45, 7) is 8.59. The van der Waals surface area contributed by atoms with Crippen molar-refractivity contribution in [1.82, 2.24) is 29.8 Å². The van der Waals surface area contributed by atoms with E-state index in [1.807, 2.05) is 4.52 Å². The van der Waals surface area contributed by atoms with Gasteiger partial charge in [0.15, 0.2) is 5.65 Å². The molecule has 3 heterocycles. The van der Waals surface area contributed by atoms with Gasteiger partial charge in [-0.25, -0.2) is 14.3 Å². The van der Waals surface area contributed by atoms with Crippen LogP contribution in [0.1, 0.15) is 73.6 Å². The molecule has 0 spiro atoms. The number of carbonyl (C=O) groups excluding carboxylic acids is 1. The summed E-state index contributed by atoms with van der Waals surface area (Å²) in [6, 6.07) is 6.88. The average Bonchev–Trinajstić information content (AvgIpc) is 3.50. The summed E-state index contributed by atoms with van der Waals surface area (Å²) >= 11 is 0. The standard InChI is InChI=1S/C29H36N6O3/c1-16(2)26-22-12-20(19-6-9-21(10-7-19)32-25(36)14-34(5)29(37)38)8-11-24(22)33-27(26)23-13-35-28(30-15-31-35)18(4)17(23)3/h8,11-13,15-16,19,21,33H,6-7,9-10,14H2,1-5H3,(H,32,36)(H,37,38). The van der Waals surface area contributed by atoms with Gasteiger partial charge >= 0.3 is 6.09 Å². The van der Waals surface area contributed by atoms with Crippen molar-refractivity contribution >= 4 is 28.6 Å². The van der Waals surface area contributed by atoms with E-state index in [9.17, 15) is 9.59 Å². The molecule has 3 aromatic heterocycles. The first-order valence-corrected chi connectivity index (χ1v) is 13.3. The number of aryl methyl sites for hydroxylation is 1. The molecular weight excluding hydrogens is 480 g/mol. The summed E-state index contributed by atoms with van der Waals surface area (Å²) in [5, 5.41) is 17.7. The van der Waals surface area contributed by atoms with Crippen LogP contribution < -0.4 is 5.32 Å². The van der Waals surface area contributed by atoms with E-state index < -0.39 is 6.09 Å². The molecule has 1 aliphatic carbocycles. The number of hydrogen-bond donors (Lipinski definition) is 3. The smallest absolute Gasteiger partial charge is 0.407 e. The van der Waals surface area contributed by atoms with Crippen LogP contribution in [0.4, 0.5) is 4.79 Å². The van der Waals surface area contributed by atoms with Gasteiger partial charge in [-0.1, -0.05) is 19.9 Å². The normalized spacial score (nSPS) is 17.8. The van der Waals surface area contributed by atoms with Gasteiger partial charge < -0.3 is 20.3 Å². The molecule has 5 rings (SSSR count). The highest BCUT2D eigenvalue weighted by Gasteiger charge is 2.26. The number of carbonyl (C=O) groups is 2. The lowest BCUT2D eigenvalue weighted by Crippen LogP contribution is -2.43. The molecule has 0 atom stereocenters. The quantitative estimate of drug-likeness (QED) is 0.319. The van der Waals surface area contributed by atoms with Gasteiger partial charge in [0.25, 0.3) is 0 Å². The maximum Gasteiger partial charge on any atom is 0.407 e. The Morgan fingerprint density at radius 2 is 1.92 bits per heavy atom. The van der Waals surface area contributed by atoms with Crippen LogP contribution in [0, 0.1) is 13.8 Å². The van der Waals surface area contributed by atoms with E-state index in [0.717, 1.165) is 58.6 Å². The largest absolute Gasteiger partial charge is 0.465 e. The Bertz CT molecular complexity index is 1510. The number of fused-ring (bicyclic) bond motifs is 2.